The Morgan fingerprint density at radius 2 is 1.93 bits per heavy atom. The summed E-state index contributed by atoms with van der Waals surface area (Å²) in [7, 11) is 0. The summed E-state index contributed by atoms with van der Waals surface area (Å²) in [5, 5.41) is 7.80. The second kappa shape index (κ2) is 13.7. The molecule has 0 bridgehead atoms. The number of rotatable bonds is 10. The molecule has 1 aliphatic carbocycles. The van der Waals surface area contributed by atoms with Crippen LogP contribution in [-0.4, -0.2) is 41.0 Å². The Hall–Kier alpha value is -2.79. The van der Waals surface area contributed by atoms with Crippen LogP contribution in [0.2, 0.25) is 5.02 Å². The fraction of sp³-hybridized carbons (Fsp3) is 0.516. The second-order valence-corrected chi connectivity index (χ2v) is 11.5. The van der Waals surface area contributed by atoms with Gasteiger partial charge in [0.2, 0.25) is 0 Å². The van der Waals surface area contributed by atoms with Crippen molar-refractivity contribution in [1.82, 2.24) is 4.90 Å². The number of carbonyl (C=O) groups is 1. The summed E-state index contributed by atoms with van der Waals surface area (Å²) in [5.41, 5.74) is 10.6. The van der Waals surface area contributed by atoms with Gasteiger partial charge in [-0.05, 0) is 67.2 Å². The summed E-state index contributed by atoms with van der Waals surface area (Å²) in [5.74, 6) is 0.463. The van der Waals surface area contributed by atoms with E-state index in [1.165, 1.54) is 6.38 Å². The molecule has 4 rings (SSSR count). The van der Waals surface area contributed by atoms with Gasteiger partial charge in [-0.2, -0.15) is 0 Å². The highest BCUT2D eigenvalue weighted by Crippen LogP contribution is 2.50. The molecule has 1 unspecified atom stereocenters. The van der Waals surface area contributed by atoms with Gasteiger partial charge in [-0.3, -0.25) is 25.5 Å². The molecule has 1 spiro atoms. The fourth-order valence-electron chi connectivity index (χ4n) is 5.79. The third-order valence-corrected chi connectivity index (χ3v) is 8.58. The van der Waals surface area contributed by atoms with Gasteiger partial charge in [0.25, 0.3) is 5.91 Å². The maximum absolute atomic E-state index is 14.1. The zero-order valence-electron chi connectivity index (χ0n) is 24.1. The van der Waals surface area contributed by atoms with Gasteiger partial charge >= 0.3 is 0 Å². The van der Waals surface area contributed by atoms with E-state index in [1.807, 2.05) is 29.2 Å². The smallest absolute Gasteiger partial charge is 0.275 e. The Bertz CT molecular complexity index is 1190. The summed E-state index contributed by atoms with van der Waals surface area (Å²) in [6.45, 7) is 9.07. The van der Waals surface area contributed by atoms with Crippen molar-refractivity contribution < 1.29 is 9.63 Å². The first kappa shape index (κ1) is 31.7. The van der Waals surface area contributed by atoms with Crippen molar-refractivity contribution in [3.05, 3.63) is 64.7 Å². The number of amides is 1. The lowest BCUT2D eigenvalue weighted by molar-refractivity contribution is -0.133. The van der Waals surface area contributed by atoms with E-state index in [9.17, 15) is 4.79 Å². The highest BCUT2D eigenvalue weighted by molar-refractivity contribution is 6.47. The molecule has 1 aliphatic heterocycles. The number of halogens is 2. The van der Waals surface area contributed by atoms with Crippen molar-refractivity contribution in [2.24, 2.45) is 22.1 Å². The predicted molar refractivity (Wildman–Crippen MR) is 164 cm³/mol. The van der Waals surface area contributed by atoms with Crippen LogP contribution in [-0.2, 0) is 9.63 Å². The number of hydrogen-bond donors (Lipinski definition) is 3. The van der Waals surface area contributed by atoms with Gasteiger partial charge in [0.1, 0.15) is 23.8 Å². The minimum absolute atomic E-state index is 0.00195. The van der Waals surface area contributed by atoms with E-state index in [2.05, 4.69) is 56.9 Å². The zero-order chi connectivity index (χ0) is 29.5. The normalized spacial score (nSPS) is 21.3. The van der Waals surface area contributed by atoms with Crippen LogP contribution in [0.15, 0.2) is 41.4 Å². The number of hydrogen-bond acceptors (Lipinski definition) is 5. The number of amidine groups is 1. The molecular weight excluding hydrogens is 545 g/mol. The van der Waals surface area contributed by atoms with E-state index in [1.54, 1.807) is 12.1 Å². The molecule has 2 aromatic carbocycles. The minimum atomic E-state index is -0.592. The molecule has 1 fully saturated rings. The molecule has 1 amide bonds. The first-order valence-electron chi connectivity index (χ1n) is 13.8. The van der Waals surface area contributed by atoms with Crippen LogP contribution in [0.25, 0.3) is 0 Å². The van der Waals surface area contributed by atoms with Crippen LogP contribution in [0, 0.1) is 28.9 Å². The summed E-state index contributed by atoms with van der Waals surface area (Å²) < 4.78 is 0. The van der Waals surface area contributed by atoms with Crippen molar-refractivity contribution in [3.63, 3.8) is 0 Å². The van der Waals surface area contributed by atoms with Gasteiger partial charge < -0.3 is 10.6 Å². The van der Waals surface area contributed by atoms with Crippen LogP contribution in [0.4, 0.5) is 5.69 Å². The number of benzene rings is 1. The monoisotopic (exact) mass is 585 g/mol. The molecule has 1 heterocycles. The van der Waals surface area contributed by atoms with Gasteiger partial charge in [0, 0.05) is 12.4 Å². The molecule has 7 nitrogen and oxygen atoms in total. The molecule has 9 heteroatoms. The first-order valence-corrected chi connectivity index (χ1v) is 14.9. The quantitative estimate of drug-likeness (QED) is 0.119. The van der Waals surface area contributed by atoms with E-state index in [4.69, 9.17) is 32.6 Å². The maximum atomic E-state index is 14.1. The molecule has 0 aromatic heterocycles. The molecule has 4 N–H and O–H groups in total. The van der Waals surface area contributed by atoms with Gasteiger partial charge in [-0.1, -0.05) is 70.0 Å². The van der Waals surface area contributed by atoms with Crippen LogP contribution in [0.3, 0.4) is 0 Å². The Balaban J connectivity index is 0.00000216. The molecule has 2 aliphatic rings. The Labute approximate surface area is 248 Å². The molecular formula is C31H41Cl2N5O2. The van der Waals surface area contributed by atoms with Crippen molar-refractivity contribution in [3.8, 4) is 0 Å². The highest BCUT2D eigenvalue weighted by atomic mass is 35.5. The summed E-state index contributed by atoms with van der Waals surface area (Å²) in [6.07, 6.45) is 7.06. The number of anilines is 1. The van der Waals surface area contributed by atoms with Crippen molar-refractivity contribution >= 4 is 46.3 Å². The molecule has 2 aromatic rings. The van der Waals surface area contributed by atoms with E-state index in [0.29, 0.717) is 22.2 Å². The summed E-state index contributed by atoms with van der Waals surface area (Å²) in [6, 6.07) is 17.1. The number of nitrogens with two attached hydrogens (primary N) is 1. The fourth-order valence-corrected chi connectivity index (χ4v) is 5.95. The molecule has 40 heavy (non-hydrogen) atoms. The number of nitrogens with one attached hydrogen (secondary N) is 2. The van der Waals surface area contributed by atoms with Gasteiger partial charge in [-0.25, -0.2) is 0 Å². The third-order valence-electron chi connectivity index (χ3n) is 8.36. The van der Waals surface area contributed by atoms with Crippen molar-refractivity contribution in [2.75, 3.05) is 18.5 Å². The Morgan fingerprint density at radius 3 is 2.48 bits per heavy atom. The standard InChI is InChI=1S/C30H38ClN5O2.CH3Cl/c1-5-25(20-10-12-24(13-11-20)35-38-19-26(32)33)36-28(37)27(21-8-7-9-23(31)18-21)34-30(36)16-14-22(15-17-30)29(3,4)6-2;1-2/h9-13,18,22,25,35H,5-6,14-17,19H2,1-4H3,(H3,32,33);1H3. The zero-order valence-corrected chi connectivity index (χ0v) is 25.6. The Morgan fingerprint density at radius 1 is 1.27 bits per heavy atom. The topological polar surface area (TPSA) is 104 Å². The number of nitrogens with zero attached hydrogens (tertiary/aromatic N) is 2. The van der Waals surface area contributed by atoms with E-state index in [0.717, 1.165) is 49.8 Å². The molecule has 1 atom stereocenters. The van der Waals surface area contributed by atoms with Crippen LogP contribution in [0.1, 0.15) is 83.4 Å². The molecule has 216 valence electrons. The lowest BCUT2D eigenvalue weighted by Gasteiger charge is -2.48. The Kier molecular flexibility index (Phi) is 10.9. The van der Waals surface area contributed by atoms with Crippen LogP contribution >= 0.6 is 23.2 Å². The lowest BCUT2D eigenvalue weighted by Crippen LogP contribution is -2.51. The summed E-state index contributed by atoms with van der Waals surface area (Å²) >= 11 is 10.9. The lowest BCUT2D eigenvalue weighted by atomic mass is 9.67. The van der Waals surface area contributed by atoms with Gasteiger partial charge in [0.15, 0.2) is 0 Å². The first-order chi connectivity index (χ1) is 19.1. The van der Waals surface area contributed by atoms with E-state index < -0.39 is 5.66 Å². The number of aliphatic imine (C=N–C) groups is 1. The molecule has 1 saturated carbocycles. The van der Waals surface area contributed by atoms with E-state index >= 15 is 0 Å². The average molecular weight is 587 g/mol. The summed E-state index contributed by atoms with van der Waals surface area (Å²) in [4.78, 5) is 26.6. The van der Waals surface area contributed by atoms with E-state index in [-0.39, 0.29) is 29.8 Å². The average Bonchev–Trinajstić information content (AvgIpc) is 3.22. The van der Waals surface area contributed by atoms with Crippen molar-refractivity contribution in [1.29, 1.82) is 5.41 Å². The number of alkyl halides is 1. The number of carbonyl (C=O) groups excluding carboxylic acids is 1. The van der Waals surface area contributed by atoms with Crippen LogP contribution in [0.5, 0.6) is 0 Å². The van der Waals surface area contributed by atoms with Gasteiger partial charge in [0.05, 0.1) is 22.3 Å². The SMILES string of the molecule is CCC(c1ccc(NOCC(=N)N)cc1)N1C(=O)C(c2c#ccc(Cl)c2)=NC12CCC(C(C)(C)CC)CC2.CCl. The van der Waals surface area contributed by atoms with Crippen molar-refractivity contribution in [2.45, 2.75) is 77.9 Å². The maximum Gasteiger partial charge on any atom is 0.275 e. The van der Waals surface area contributed by atoms with Crippen LogP contribution < -0.4 is 11.2 Å². The molecule has 0 radical (unpaired) electrons. The molecule has 0 saturated heterocycles. The van der Waals surface area contributed by atoms with Gasteiger partial charge in [-0.15, -0.1) is 11.6 Å². The predicted octanol–water partition coefficient (Wildman–Crippen LogP) is 7.18. The minimum Gasteiger partial charge on any atom is -0.386 e. The second-order valence-electron chi connectivity index (χ2n) is 11.1. The third kappa shape index (κ3) is 6.91. The highest BCUT2D eigenvalue weighted by Gasteiger charge is 2.52. The largest absolute Gasteiger partial charge is 0.386 e.